The van der Waals surface area contributed by atoms with E-state index in [-0.39, 0.29) is 0 Å². The van der Waals surface area contributed by atoms with Crippen molar-refractivity contribution in [2.75, 3.05) is 5.32 Å². The molecule has 0 aliphatic rings. The average molecular weight is 247 g/mol. The first-order valence-electron chi connectivity index (χ1n) is 5.81. The van der Waals surface area contributed by atoms with Crippen molar-refractivity contribution < 1.29 is 0 Å². The molecule has 4 heteroatoms. The number of thiophene rings is 1. The van der Waals surface area contributed by atoms with Crippen LogP contribution in [0.5, 0.6) is 0 Å². The van der Waals surface area contributed by atoms with Crippen LogP contribution in [0.1, 0.15) is 28.2 Å². The van der Waals surface area contributed by atoms with Gasteiger partial charge in [-0.05, 0) is 32.4 Å². The van der Waals surface area contributed by atoms with E-state index >= 15 is 0 Å². The van der Waals surface area contributed by atoms with Gasteiger partial charge in [0.2, 0.25) is 0 Å². The third-order valence-electron chi connectivity index (χ3n) is 2.48. The fourth-order valence-corrected chi connectivity index (χ4v) is 2.59. The van der Waals surface area contributed by atoms with Crippen LogP contribution in [0.2, 0.25) is 0 Å². The minimum Gasteiger partial charge on any atom is -0.365 e. The first kappa shape index (κ1) is 12.0. The molecule has 3 nitrogen and oxygen atoms in total. The van der Waals surface area contributed by atoms with Crippen LogP contribution in [0, 0.1) is 13.8 Å². The molecule has 2 heterocycles. The Morgan fingerprint density at radius 3 is 2.59 bits per heavy atom. The van der Waals surface area contributed by atoms with E-state index in [1.165, 1.54) is 9.75 Å². The molecule has 17 heavy (non-hydrogen) atoms. The molecule has 2 aromatic rings. The summed E-state index contributed by atoms with van der Waals surface area (Å²) in [5, 5.41) is 3.34. The summed E-state index contributed by atoms with van der Waals surface area (Å²) in [6.45, 7) is 6.92. The van der Waals surface area contributed by atoms with E-state index in [2.05, 4.69) is 34.3 Å². The zero-order valence-electron chi connectivity index (χ0n) is 10.4. The number of hydrogen-bond acceptors (Lipinski definition) is 4. The molecule has 0 saturated heterocycles. The maximum absolute atomic E-state index is 4.36. The molecule has 0 aliphatic heterocycles. The van der Waals surface area contributed by atoms with Crippen molar-refractivity contribution in [3.8, 4) is 0 Å². The Balaban J connectivity index is 2.01. The van der Waals surface area contributed by atoms with Crippen molar-refractivity contribution >= 4 is 17.2 Å². The summed E-state index contributed by atoms with van der Waals surface area (Å²) in [6, 6.07) is 6.34. The normalized spacial score (nSPS) is 10.5. The Hall–Kier alpha value is -1.42. The van der Waals surface area contributed by atoms with Gasteiger partial charge in [-0.2, -0.15) is 0 Å². The third kappa shape index (κ3) is 3.27. The molecule has 2 aromatic heterocycles. The summed E-state index contributed by atoms with van der Waals surface area (Å²) in [5.74, 6) is 1.72. The molecular weight excluding hydrogens is 230 g/mol. The predicted molar refractivity (Wildman–Crippen MR) is 72.5 cm³/mol. The number of nitrogens with one attached hydrogen (secondary N) is 1. The Morgan fingerprint density at radius 2 is 1.94 bits per heavy atom. The largest absolute Gasteiger partial charge is 0.365 e. The fraction of sp³-hybridized carbons (Fsp3) is 0.385. The highest BCUT2D eigenvalue weighted by molar-refractivity contribution is 7.12. The Labute approximate surface area is 106 Å². The lowest BCUT2D eigenvalue weighted by Crippen LogP contribution is -2.02. The van der Waals surface area contributed by atoms with E-state index in [1.807, 2.05) is 31.3 Å². The predicted octanol–water partition coefficient (Wildman–Crippen LogP) is 3.33. The van der Waals surface area contributed by atoms with Crippen LogP contribution in [0.4, 0.5) is 5.82 Å². The second kappa shape index (κ2) is 5.27. The lowest BCUT2D eigenvalue weighted by Gasteiger charge is -2.05. The van der Waals surface area contributed by atoms with Gasteiger partial charge < -0.3 is 5.32 Å². The van der Waals surface area contributed by atoms with Crippen LogP contribution in [0.25, 0.3) is 0 Å². The van der Waals surface area contributed by atoms with Gasteiger partial charge in [-0.25, -0.2) is 9.97 Å². The number of hydrogen-bond donors (Lipinski definition) is 1. The number of rotatable bonds is 4. The van der Waals surface area contributed by atoms with E-state index in [0.717, 1.165) is 30.3 Å². The summed E-state index contributed by atoms with van der Waals surface area (Å²) in [4.78, 5) is 11.4. The molecule has 0 bridgehead atoms. The Kier molecular flexibility index (Phi) is 3.74. The van der Waals surface area contributed by atoms with E-state index in [0.29, 0.717) is 0 Å². The van der Waals surface area contributed by atoms with Gasteiger partial charge in [0.15, 0.2) is 0 Å². The summed E-state index contributed by atoms with van der Waals surface area (Å²) in [6.07, 6.45) is 1.11. The average Bonchev–Trinajstić information content (AvgIpc) is 2.73. The minimum absolute atomic E-state index is 0.813. The Morgan fingerprint density at radius 1 is 1.18 bits per heavy atom. The van der Waals surface area contributed by atoms with Gasteiger partial charge in [-0.1, -0.05) is 6.92 Å². The molecule has 0 saturated carbocycles. The number of aromatic nitrogens is 2. The standard InChI is InChI=1S/C13H17N3S/c1-4-11-5-6-12(17-11)8-14-13-7-9(2)15-10(3)16-13/h5-7H,4,8H2,1-3H3,(H,14,15,16). The van der Waals surface area contributed by atoms with E-state index < -0.39 is 0 Å². The molecule has 0 fully saturated rings. The van der Waals surface area contributed by atoms with Gasteiger partial charge in [0.05, 0.1) is 6.54 Å². The maximum Gasteiger partial charge on any atom is 0.130 e. The van der Waals surface area contributed by atoms with E-state index in [4.69, 9.17) is 0 Å². The second-order valence-corrected chi connectivity index (χ2v) is 5.27. The molecule has 0 unspecified atom stereocenters. The molecule has 1 N–H and O–H groups in total. The van der Waals surface area contributed by atoms with Gasteiger partial charge in [-0.15, -0.1) is 11.3 Å². The molecule has 0 radical (unpaired) electrons. The van der Waals surface area contributed by atoms with Crippen LogP contribution in [-0.4, -0.2) is 9.97 Å². The summed E-state index contributed by atoms with van der Waals surface area (Å²) in [7, 11) is 0. The van der Waals surface area contributed by atoms with Crippen molar-refractivity contribution in [3.63, 3.8) is 0 Å². The molecule has 0 aliphatic carbocycles. The lowest BCUT2D eigenvalue weighted by atomic mass is 10.3. The second-order valence-electron chi connectivity index (χ2n) is 4.02. The highest BCUT2D eigenvalue weighted by atomic mass is 32.1. The number of nitrogens with zero attached hydrogens (tertiary/aromatic N) is 2. The smallest absolute Gasteiger partial charge is 0.130 e. The monoisotopic (exact) mass is 247 g/mol. The van der Waals surface area contributed by atoms with Crippen molar-refractivity contribution in [3.05, 3.63) is 39.5 Å². The van der Waals surface area contributed by atoms with E-state index in [9.17, 15) is 0 Å². The van der Waals surface area contributed by atoms with Crippen LogP contribution in [0.15, 0.2) is 18.2 Å². The number of aryl methyl sites for hydroxylation is 3. The summed E-state index contributed by atoms with van der Waals surface area (Å²) >= 11 is 1.85. The van der Waals surface area contributed by atoms with Crippen molar-refractivity contribution in [2.45, 2.75) is 33.7 Å². The molecule has 0 amide bonds. The molecule has 0 spiro atoms. The Bertz CT molecular complexity index is 485. The zero-order valence-corrected chi connectivity index (χ0v) is 11.3. The minimum atomic E-state index is 0.813. The van der Waals surface area contributed by atoms with Gasteiger partial charge in [0.25, 0.3) is 0 Å². The first-order valence-corrected chi connectivity index (χ1v) is 6.62. The highest BCUT2D eigenvalue weighted by Crippen LogP contribution is 2.18. The van der Waals surface area contributed by atoms with Crippen LogP contribution in [0.3, 0.4) is 0 Å². The SMILES string of the molecule is CCc1ccc(CNc2cc(C)nc(C)n2)s1. The van der Waals surface area contributed by atoms with Crippen LogP contribution >= 0.6 is 11.3 Å². The molecule has 0 atom stereocenters. The summed E-state index contributed by atoms with van der Waals surface area (Å²) < 4.78 is 0. The topological polar surface area (TPSA) is 37.8 Å². The highest BCUT2D eigenvalue weighted by Gasteiger charge is 2.01. The van der Waals surface area contributed by atoms with Crippen molar-refractivity contribution in [1.29, 1.82) is 0 Å². The molecule has 2 rings (SSSR count). The fourth-order valence-electron chi connectivity index (χ4n) is 1.69. The van der Waals surface area contributed by atoms with Crippen molar-refractivity contribution in [2.24, 2.45) is 0 Å². The van der Waals surface area contributed by atoms with E-state index in [1.54, 1.807) is 0 Å². The van der Waals surface area contributed by atoms with Crippen molar-refractivity contribution in [1.82, 2.24) is 9.97 Å². The molecule has 0 aromatic carbocycles. The van der Waals surface area contributed by atoms with Crippen LogP contribution < -0.4 is 5.32 Å². The first-order chi connectivity index (χ1) is 8.17. The zero-order chi connectivity index (χ0) is 12.3. The van der Waals surface area contributed by atoms with Gasteiger partial charge in [0, 0.05) is 21.5 Å². The van der Waals surface area contributed by atoms with Crippen LogP contribution in [-0.2, 0) is 13.0 Å². The third-order valence-corrected chi connectivity index (χ3v) is 3.71. The maximum atomic E-state index is 4.36. The lowest BCUT2D eigenvalue weighted by molar-refractivity contribution is 0.996. The summed E-state index contributed by atoms with van der Waals surface area (Å²) in [5.41, 5.74) is 1.00. The molecular formula is C13H17N3S. The van der Waals surface area contributed by atoms with Gasteiger partial charge >= 0.3 is 0 Å². The number of anilines is 1. The van der Waals surface area contributed by atoms with Gasteiger partial charge in [0.1, 0.15) is 11.6 Å². The van der Waals surface area contributed by atoms with Gasteiger partial charge in [-0.3, -0.25) is 0 Å². The molecule has 90 valence electrons. The quantitative estimate of drug-likeness (QED) is 0.900.